The van der Waals surface area contributed by atoms with E-state index in [1.165, 1.54) is 6.08 Å². The molecule has 1 fully saturated rings. The van der Waals surface area contributed by atoms with Crippen LogP contribution in [0.3, 0.4) is 0 Å². The summed E-state index contributed by atoms with van der Waals surface area (Å²) >= 11 is 2.15. The summed E-state index contributed by atoms with van der Waals surface area (Å²) < 4.78 is 12.6. The number of nitrogens with zero attached hydrogens (tertiary/aromatic N) is 2. The highest BCUT2D eigenvalue weighted by Crippen LogP contribution is 2.14. The zero-order valence-corrected chi connectivity index (χ0v) is 12.7. The summed E-state index contributed by atoms with van der Waals surface area (Å²) in [5.41, 5.74) is 5.35. The van der Waals surface area contributed by atoms with Gasteiger partial charge in [0.25, 0.3) is 0 Å². The molecule has 2 N–H and O–H groups in total. The van der Waals surface area contributed by atoms with Gasteiger partial charge in [0.2, 0.25) is 5.91 Å². The third-order valence-corrected chi connectivity index (χ3v) is 2.48. The first kappa shape index (κ1) is 17.1. The van der Waals surface area contributed by atoms with Gasteiger partial charge in [-0.05, 0) is 23.8 Å². The van der Waals surface area contributed by atoms with Crippen molar-refractivity contribution >= 4 is 34.3 Å². The Morgan fingerprint density at radius 1 is 1.61 bits per heavy atom. The minimum atomic E-state index is -0.729. The summed E-state index contributed by atoms with van der Waals surface area (Å²) in [5.74, 6) is -1.04. The van der Waals surface area contributed by atoms with Crippen LogP contribution in [0, 0.1) is 0 Å². The molecule has 1 unspecified atom stereocenters. The molecule has 0 bridgehead atoms. The fourth-order valence-corrected chi connectivity index (χ4v) is 1.66. The monoisotopic (exact) mass is 367 g/mol. The van der Waals surface area contributed by atoms with E-state index in [1.807, 2.05) is 4.93 Å². The SMILES string of the molecule is C=CC(=O)N1CCCC(N=C(N)C(=C)F)C1.CI. The van der Waals surface area contributed by atoms with Gasteiger partial charge in [0.15, 0.2) is 11.7 Å². The number of amides is 1. The highest BCUT2D eigenvalue weighted by atomic mass is 127. The average molecular weight is 367 g/mol. The molecule has 0 saturated carbocycles. The van der Waals surface area contributed by atoms with Crippen molar-refractivity contribution in [2.75, 3.05) is 18.0 Å². The van der Waals surface area contributed by atoms with E-state index in [1.54, 1.807) is 4.90 Å². The molecule has 1 rings (SSSR count). The van der Waals surface area contributed by atoms with Crippen molar-refractivity contribution in [1.82, 2.24) is 4.90 Å². The lowest BCUT2D eigenvalue weighted by atomic mass is 10.1. The van der Waals surface area contributed by atoms with Crippen LogP contribution >= 0.6 is 22.6 Å². The lowest BCUT2D eigenvalue weighted by Gasteiger charge is -2.30. The summed E-state index contributed by atoms with van der Waals surface area (Å²) in [5, 5.41) is 0. The highest BCUT2D eigenvalue weighted by molar-refractivity contribution is 14.1. The zero-order valence-electron chi connectivity index (χ0n) is 10.5. The predicted molar refractivity (Wildman–Crippen MR) is 81.6 cm³/mol. The Hall–Kier alpha value is -0.920. The normalized spacial score (nSPS) is 19.6. The number of likely N-dealkylation sites (tertiary alicyclic amines) is 1. The molecule has 18 heavy (non-hydrogen) atoms. The van der Waals surface area contributed by atoms with Crippen molar-refractivity contribution in [1.29, 1.82) is 0 Å². The first-order chi connectivity index (χ1) is 8.54. The quantitative estimate of drug-likeness (QED) is 0.273. The van der Waals surface area contributed by atoms with E-state index in [0.29, 0.717) is 13.1 Å². The van der Waals surface area contributed by atoms with Gasteiger partial charge in [-0.3, -0.25) is 9.79 Å². The van der Waals surface area contributed by atoms with Gasteiger partial charge in [0, 0.05) is 13.1 Å². The van der Waals surface area contributed by atoms with Gasteiger partial charge in [-0.25, -0.2) is 4.39 Å². The number of nitrogens with two attached hydrogens (primary N) is 1. The highest BCUT2D eigenvalue weighted by Gasteiger charge is 2.22. The number of rotatable bonds is 3. The van der Waals surface area contributed by atoms with Crippen LogP contribution in [0.25, 0.3) is 0 Å². The minimum Gasteiger partial charge on any atom is -0.382 e. The van der Waals surface area contributed by atoms with E-state index in [0.717, 1.165) is 12.8 Å². The number of piperidine rings is 1. The van der Waals surface area contributed by atoms with Gasteiger partial charge in [0.05, 0.1) is 6.04 Å². The third kappa shape index (κ3) is 5.61. The van der Waals surface area contributed by atoms with Crippen molar-refractivity contribution < 1.29 is 9.18 Å². The van der Waals surface area contributed by atoms with Crippen LogP contribution in [0.5, 0.6) is 0 Å². The molecule has 1 aliphatic rings. The van der Waals surface area contributed by atoms with Gasteiger partial charge in [-0.15, -0.1) is 0 Å². The maximum absolute atomic E-state index is 12.6. The van der Waals surface area contributed by atoms with E-state index in [2.05, 4.69) is 40.7 Å². The summed E-state index contributed by atoms with van der Waals surface area (Å²) in [4.78, 5) is 19.0. The summed E-state index contributed by atoms with van der Waals surface area (Å²) in [6.07, 6.45) is 2.90. The van der Waals surface area contributed by atoms with E-state index in [-0.39, 0.29) is 17.8 Å². The van der Waals surface area contributed by atoms with Gasteiger partial charge in [-0.2, -0.15) is 0 Å². The van der Waals surface area contributed by atoms with Crippen molar-refractivity contribution in [2.24, 2.45) is 10.7 Å². The van der Waals surface area contributed by atoms with Crippen LogP contribution in [0.4, 0.5) is 4.39 Å². The zero-order chi connectivity index (χ0) is 14.1. The predicted octanol–water partition coefficient (Wildman–Crippen LogP) is 2.06. The van der Waals surface area contributed by atoms with E-state index < -0.39 is 5.83 Å². The molecule has 6 heteroatoms. The number of halogens is 2. The summed E-state index contributed by atoms with van der Waals surface area (Å²) in [6, 6.07) is -0.148. The van der Waals surface area contributed by atoms with Crippen LogP contribution in [0.15, 0.2) is 30.1 Å². The first-order valence-corrected chi connectivity index (χ1v) is 7.67. The summed E-state index contributed by atoms with van der Waals surface area (Å²) in [6.45, 7) is 7.64. The fourth-order valence-electron chi connectivity index (χ4n) is 1.66. The molecule has 0 aromatic rings. The van der Waals surface area contributed by atoms with Crippen LogP contribution in [-0.2, 0) is 4.79 Å². The topological polar surface area (TPSA) is 58.7 Å². The lowest BCUT2D eigenvalue weighted by molar-refractivity contribution is -0.127. The molecule has 1 amide bonds. The van der Waals surface area contributed by atoms with Crippen molar-refractivity contribution in [3.63, 3.8) is 0 Å². The average Bonchev–Trinajstić information content (AvgIpc) is 2.40. The number of hydrogen-bond acceptors (Lipinski definition) is 2. The maximum Gasteiger partial charge on any atom is 0.246 e. The standard InChI is InChI=1S/C11H16FN3O.CH3I/c1-3-10(16)15-6-4-5-9(7-15)14-11(13)8(2)12;1-2/h3,9H,1-2,4-7H2,(H2,13,14);1H3. The molecule has 4 nitrogen and oxygen atoms in total. The molecule has 0 aliphatic carbocycles. The first-order valence-electron chi connectivity index (χ1n) is 5.51. The largest absolute Gasteiger partial charge is 0.382 e. The molecular weight excluding hydrogens is 348 g/mol. The second kappa shape index (κ2) is 9.07. The Labute approximate surface area is 121 Å². The van der Waals surface area contributed by atoms with Crippen molar-refractivity contribution in [3.05, 3.63) is 25.1 Å². The Kier molecular flexibility index (Phi) is 8.61. The second-order valence-corrected chi connectivity index (χ2v) is 3.70. The van der Waals surface area contributed by atoms with Crippen LogP contribution in [0.2, 0.25) is 0 Å². The third-order valence-electron chi connectivity index (χ3n) is 2.48. The Morgan fingerprint density at radius 2 is 2.22 bits per heavy atom. The summed E-state index contributed by atoms with van der Waals surface area (Å²) in [7, 11) is 0. The molecule has 1 aliphatic heterocycles. The van der Waals surface area contributed by atoms with Gasteiger partial charge in [0.1, 0.15) is 0 Å². The van der Waals surface area contributed by atoms with Crippen molar-refractivity contribution in [3.8, 4) is 0 Å². The molecule has 0 aromatic heterocycles. The number of carbonyl (C=O) groups excluding carboxylic acids is 1. The molecule has 1 heterocycles. The van der Waals surface area contributed by atoms with Crippen LogP contribution in [0.1, 0.15) is 12.8 Å². The molecular formula is C12H19FIN3O. The van der Waals surface area contributed by atoms with Gasteiger partial charge >= 0.3 is 0 Å². The van der Waals surface area contributed by atoms with E-state index in [9.17, 15) is 9.18 Å². The molecule has 102 valence electrons. The number of amidine groups is 1. The fraction of sp³-hybridized carbons (Fsp3) is 0.500. The Balaban J connectivity index is 0.00000137. The van der Waals surface area contributed by atoms with E-state index >= 15 is 0 Å². The van der Waals surface area contributed by atoms with E-state index in [4.69, 9.17) is 5.73 Å². The number of alkyl halides is 1. The second-order valence-electron chi connectivity index (χ2n) is 3.70. The smallest absolute Gasteiger partial charge is 0.246 e. The Morgan fingerprint density at radius 3 is 2.72 bits per heavy atom. The minimum absolute atomic E-state index is 0.127. The van der Waals surface area contributed by atoms with Gasteiger partial charge < -0.3 is 10.6 Å². The van der Waals surface area contributed by atoms with Crippen LogP contribution < -0.4 is 5.73 Å². The van der Waals surface area contributed by atoms with Gasteiger partial charge in [-0.1, -0.05) is 35.7 Å². The molecule has 0 aromatic carbocycles. The molecule has 1 saturated heterocycles. The number of carbonyl (C=O) groups is 1. The molecule has 1 atom stereocenters. The lowest BCUT2D eigenvalue weighted by Crippen LogP contribution is -2.41. The Bertz CT molecular complexity index is 344. The maximum atomic E-state index is 12.6. The molecule has 0 spiro atoms. The van der Waals surface area contributed by atoms with Crippen molar-refractivity contribution in [2.45, 2.75) is 18.9 Å². The van der Waals surface area contributed by atoms with Crippen LogP contribution in [-0.4, -0.2) is 40.7 Å². The number of hydrogen-bond donors (Lipinski definition) is 1. The number of aliphatic imine (C=N–C) groups is 1. The molecule has 0 radical (unpaired) electrons.